The average Bonchev–Trinajstić information content (AvgIpc) is 2.54. The minimum absolute atomic E-state index is 0.173. The van der Waals surface area contributed by atoms with Gasteiger partial charge in [-0.2, -0.15) is 0 Å². The maximum Gasteiger partial charge on any atom is 0.270 e. The van der Waals surface area contributed by atoms with Gasteiger partial charge in [-0.05, 0) is 71.1 Å². The van der Waals surface area contributed by atoms with Gasteiger partial charge >= 0.3 is 0 Å². The lowest BCUT2D eigenvalue weighted by atomic mass is 10.1. The SMILES string of the molecule is Cc1ccc(C)c(Nc2nc(C)cc(C(=O)NCCCN(C)C)n2)c1. The van der Waals surface area contributed by atoms with Gasteiger partial charge in [0.15, 0.2) is 0 Å². The van der Waals surface area contributed by atoms with Gasteiger partial charge in [0.1, 0.15) is 5.69 Å². The molecule has 6 nitrogen and oxygen atoms in total. The van der Waals surface area contributed by atoms with Crippen LogP contribution in [0.4, 0.5) is 11.6 Å². The molecule has 0 fully saturated rings. The van der Waals surface area contributed by atoms with E-state index in [1.54, 1.807) is 6.07 Å². The number of hydrogen-bond acceptors (Lipinski definition) is 5. The first-order valence-electron chi connectivity index (χ1n) is 8.48. The molecule has 1 amide bonds. The molecule has 1 aromatic heterocycles. The molecule has 0 atom stereocenters. The zero-order chi connectivity index (χ0) is 18.4. The number of nitrogens with zero attached hydrogens (tertiary/aromatic N) is 3. The van der Waals surface area contributed by atoms with Crippen molar-refractivity contribution in [3.05, 3.63) is 46.8 Å². The van der Waals surface area contributed by atoms with Gasteiger partial charge in [-0.25, -0.2) is 9.97 Å². The van der Waals surface area contributed by atoms with Crippen LogP contribution in [0.3, 0.4) is 0 Å². The lowest BCUT2D eigenvalue weighted by Gasteiger charge is -2.12. The monoisotopic (exact) mass is 341 g/mol. The van der Waals surface area contributed by atoms with E-state index in [-0.39, 0.29) is 5.91 Å². The number of aromatic nitrogens is 2. The van der Waals surface area contributed by atoms with Crippen molar-refractivity contribution in [1.29, 1.82) is 0 Å². The van der Waals surface area contributed by atoms with Crippen LogP contribution in [-0.2, 0) is 0 Å². The topological polar surface area (TPSA) is 70.2 Å². The maximum atomic E-state index is 12.3. The summed E-state index contributed by atoms with van der Waals surface area (Å²) >= 11 is 0. The maximum absolute atomic E-state index is 12.3. The molecule has 0 spiro atoms. The van der Waals surface area contributed by atoms with E-state index in [1.807, 2.05) is 47.0 Å². The van der Waals surface area contributed by atoms with Crippen molar-refractivity contribution in [2.24, 2.45) is 0 Å². The third-order valence-electron chi connectivity index (χ3n) is 3.79. The van der Waals surface area contributed by atoms with E-state index in [0.717, 1.165) is 35.5 Å². The number of anilines is 2. The molecule has 2 N–H and O–H groups in total. The second-order valence-corrected chi connectivity index (χ2v) is 6.57. The minimum Gasteiger partial charge on any atom is -0.351 e. The summed E-state index contributed by atoms with van der Waals surface area (Å²) in [5.74, 6) is 0.264. The number of hydrogen-bond donors (Lipinski definition) is 2. The van der Waals surface area contributed by atoms with Gasteiger partial charge in [-0.15, -0.1) is 0 Å². The first kappa shape index (κ1) is 18.9. The summed E-state index contributed by atoms with van der Waals surface area (Å²) in [7, 11) is 4.03. The zero-order valence-electron chi connectivity index (χ0n) is 15.7. The molecule has 2 rings (SSSR count). The second kappa shape index (κ2) is 8.58. The Morgan fingerprint density at radius 3 is 2.60 bits per heavy atom. The highest BCUT2D eigenvalue weighted by atomic mass is 16.1. The van der Waals surface area contributed by atoms with Crippen molar-refractivity contribution in [1.82, 2.24) is 20.2 Å². The molecule has 0 unspecified atom stereocenters. The number of carbonyl (C=O) groups is 1. The van der Waals surface area contributed by atoms with Crippen LogP contribution in [0.2, 0.25) is 0 Å². The number of amides is 1. The Bertz CT molecular complexity index is 743. The zero-order valence-corrected chi connectivity index (χ0v) is 15.7. The number of carbonyl (C=O) groups excluding carboxylic acids is 1. The van der Waals surface area contributed by atoms with Gasteiger partial charge in [-0.1, -0.05) is 12.1 Å². The Balaban J connectivity index is 2.09. The van der Waals surface area contributed by atoms with Gasteiger partial charge in [-0.3, -0.25) is 4.79 Å². The molecule has 0 aliphatic rings. The van der Waals surface area contributed by atoms with Gasteiger partial charge in [0.05, 0.1) is 0 Å². The molecule has 6 heteroatoms. The lowest BCUT2D eigenvalue weighted by molar-refractivity contribution is 0.0947. The molecule has 2 aromatic rings. The molecule has 25 heavy (non-hydrogen) atoms. The summed E-state index contributed by atoms with van der Waals surface area (Å²) < 4.78 is 0. The molecule has 1 aromatic carbocycles. The van der Waals surface area contributed by atoms with Crippen LogP contribution in [0.1, 0.15) is 33.7 Å². The normalized spacial score (nSPS) is 10.8. The third-order valence-corrected chi connectivity index (χ3v) is 3.79. The van der Waals surface area contributed by atoms with E-state index in [1.165, 1.54) is 0 Å². The number of rotatable bonds is 7. The fourth-order valence-corrected chi connectivity index (χ4v) is 2.42. The van der Waals surface area contributed by atoms with E-state index >= 15 is 0 Å². The van der Waals surface area contributed by atoms with Gasteiger partial charge in [0.25, 0.3) is 5.91 Å². The predicted molar refractivity (Wildman–Crippen MR) is 101 cm³/mol. The highest BCUT2D eigenvalue weighted by molar-refractivity contribution is 5.92. The summed E-state index contributed by atoms with van der Waals surface area (Å²) in [6.45, 7) is 7.48. The molecule has 1 heterocycles. The quantitative estimate of drug-likeness (QED) is 0.758. The summed E-state index contributed by atoms with van der Waals surface area (Å²) in [5.41, 5.74) is 4.33. The molecular formula is C19H27N5O. The number of nitrogens with one attached hydrogen (secondary N) is 2. The third kappa shape index (κ3) is 5.83. The molecule has 0 saturated heterocycles. The van der Waals surface area contributed by atoms with Gasteiger partial charge in [0, 0.05) is 17.9 Å². The highest BCUT2D eigenvalue weighted by Crippen LogP contribution is 2.20. The van der Waals surface area contributed by atoms with Gasteiger partial charge < -0.3 is 15.5 Å². The minimum atomic E-state index is -0.173. The average molecular weight is 341 g/mol. The van der Waals surface area contributed by atoms with Crippen molar-refractivity contribution in [2.75, 3.05) is 32.5 Å². The van der Waals surface area contributed by atoms with Crippen LogP contribution in [0.15, 0.2) is 24.3 Å². The predicted octanol–water partition coefficient (Wildman–Crippen LogP) is 2.83. The summed E-state index contributed by atoms with van der Waals surface area (Å²) in [6, 6.07) is 7.85. The summed E-state index contributed by atoms with van der Waals surface area (Å²) in [4.78, 5) is 23.2. The first-order valence-corrected chi connectivity index (χ1v) is 8.48. The van der Waals surface area contributed by atoms with Crippen LogP contribution in [0, 0.1) is 20.8 Å². The fourth-order valence-electron chi connectivity index (χ4n) is 2.42. The summed E-state index contributed by atoms with van der Waals surface area (Å²) in [6.07, 6.45) is 0.899. The Morgan fingerprint density at radius 2 is 1.88 bits per heavy atom. The molecule has 0 bridgehead atoms. The molecular weight excluding hydrogens is 314 g/mol. The fraction of sp³-hybridized carbons (Fsp3) is 0.421. The van der Waals surface area contributed by atoms with Crippen LogP contribution in [0.25, 0.3) is 0 Å². The van der Waals surface area contributed by atoms with Crippen molar-refractivity contribution < 1.29 is 4.79 Å². The molecule has 0 aliphatic carbocycles. The Labute approximate surface area is 149 Å². The smallest absolute Gasteiger partial charge is 0.270 e. The second-order valence-electron chi connectivity index (χ2n) is 6.57. The van der Waals surface area contributed by atoms with Crippen molar-refractivity contribution >= 4 is 17.5 Å². The molecule has 0 saturated carbocycles. The van der Waals surface area contributed by atoms with Crippen molar-refractivity contribution in [2.45, 2.75) is 27.2 Å². The van der Waals surface area contributed by atoms with Crippen LogP contribution in [-0.4, -0.2) is 48.0 Å². The van der Waals surface area contributed by atoms with Crippen molar-refractivity contribution in [3.63, 3.8) is 0 Å². The molecule has 0 radical (unpaired) electrons. The first-order chi connectivity index (χ1) is 11.8. The lowest BCUT2D eigenvalue weighted by Crippen LogP contribution is -2.28. The number of aryl methyl sites for hydroxylation is 3. The van der Waals surface area contributed by atoms with E-state index in [9.17, 15) is 4.79 Å². The highest BCUT2D eigenvalue weighted by Gasteiger charge is 2.11. The van der Waals surface area contributed by atoms with E-state index in [4.69, 9.17) is 0 Å². The van der Waals surface area contributed by atoms with Crippen LogP contribution >= 0.6 is 0 Å². The van der Waals surface area contributed by atoms with Crippen LogP contribution < -0.4 is 10.6 Å². The van der Waals surface area contributed by atoms with E-state index in [2.05, 4.69) is 31.6 Å². The van der Waals surface area contributed by atoms with Crippen LogP contribution in [0.5, 0.6) is 0 Å². The molecule has 134 valence electrons. The summed E-state index contributed by atoms with van der Waals surface area (Å²) in [5, 5.41) is 6.13. The standard InChI is InChI=1S/C19H27N5O/c1-13-7-8-14(2)16(11-13)22-19-21-15(3)12-17(23-19)18(25)20-9-6-10-24(4)5/h7-8,11-12H,6,9-10H2,1-5H3,(H,20,25)(H,21,22,23). The largest absolute Gasteiger partial charge is 0.351 e. The number of benzene rings is 1. The van der Waals surface area contributed by atoms with E-state index in [0.29, 0.717) is 18.2 Å². The Hall–Kier alpha value is -2.47. The Kier molecular flexibility index (Phi) is 6.47. The molecule has 0 aliphatic heterocycles. The van der Waals surface area contributed by atoms with Gasteiger partial charge in [0.2, 0.25) is 5.95 Å². The Morgan fingerprint density at radius 1 is 1.12 bits per heavy atom. The van der Waals surface area contributed by atoms with Crippen molar-refractivity contribution in [3.8, 4) is 0 Å². The van der Waals surface area contributed by atoms with E-state index < -0.39 is 0 Å².